The highest BCUT2D eigenvalue weighted by Crippen LogP contribution is 2.49. The monoisotopic (exact) mass is 335 g/mol. The third-order valence-electron chi connectivity index (χ3n) is 5.29. The molecule has 1 aliphatic carbocycles. The van der Waals surface area contributed by atoms with Crippen molar-refractivity contribution in [2.24, 2.45) is 0 Å². The number of halogens is 1. The molecule has 0 atom stereocenters. The van der Waals surface area contributed by atoms with Crippen LogP contribution in [-0.2, 0) is 23.1 Å². The van der Waals surface area contributed by atoms with Gasteiger partial charge in [0.2, 0.25) is 0 Å². The molecule has 0 unspecified atom stereocenters. The first kappa shape index (κ1) is 14.1. The molecular formula is C17H22BrNO. The Bertz CT molecular complexity index is 616. The predicted molar refractivity (Wildman–Crippen MR) is 86.7 cm³/mol. The lowest BCUT2D eigenvalue weighted by atomic mass is 9.68. The molecule has 1 aromatic rings. The highest BCUT2D eigenvalue weighted by Gasteiger charge is 2.50. The SMILES string of the molecule is CN1c2c(cc(Br)c3c2CCC3)C(C)(C)C(=O)C1(C)C. The average molecular weight is 336 g/mol. The second kappa shape index (κ2) is 4.09. The van der Waals surface area contributed by atoms with Crippen molar-refractivity contribution in [1.29, 1.82) is 0 Å². The van der Waals surface area contributed by atoms with Crippen LogP contribution in [0.15, 0.2) is 10.5 Å². The van der Waals surface area contributed by atoms with E-state index >= 15 is 0 Å². The van der Waals surface area contributed by atoms with Crippen LogP contribution in [0.3, 0.4) is 0 Å². The van der Waals surface area contributed by atoms with Crippen molar-refractivity contribution in [3.05, 3.63) is 27.2 Å². The second-order valence-electron chi connectivity index (χ2n) is 7.14. The molecule has 1 aliphatic heterocycles. The number of fused-ring (bicyclic) bond motifs is 3. The molecule has 0 fully saturated rings. The number of hydrogen-bond acceptors (Lipinski definition) is 2. The first-order chi connectivity index (χ1) is 9.19. The van der Waals surface area contributed by atoms with Gasteiger partial charge in [-0.3, -0.25) is 4.79 Å². The molecule has 1 heterocycles. The fourth-order valence-electron chi connectivity index (χ4n) is 3.89. The van der Waals surface area contributed by atoms with Gasteiger partial charge in [-0.1, -0.05) is 15.9 Å². The van der Waals surface area contributed by atoms with E-state index in [9.17, 15) is 4.79 Å². The quantitative estimate of drug-likeness (QED) is 0.713. The van der Waals surface area contributed by atoms with Gasteiger partial charge >= 0.3 is 0 Å². The number of carbonyl (C=O) groups is 1. The number of Topliss-reactive ketones (excluding diaryl/α,β-unsaturated/α-hetero) is 1. The highest BCUT2D eigenvalue weighted by molar-refractivity contribution is 9.10. The summed E-state index contributed by atoms with van der Waals surface area (Å²) in [6.07, 6.45) is 3.49. The Hall–Kier alpha value is -0.830. The van der Waals surface area contributed by atoms with Gasteiger partial charge in [-0.05, 0) is 69.7 Å². The van der Waals surface area contributed by atoms with Crippen molar-refractivity contribution in [2.75, 3.05) is 11.9 Å². The minimum Gasteiger partial charge on any atom is -0.362 e. The van der Waals surface area contributed by atoms with Crippen molar-refractivity contribution < 1.29 is 4.79 Å². The van der Waals surface area contributed by atoms with Gasteiger partial charge in [0.15, 0.2) is 5.78 Å². The molecule has 0 saturated carbocycles. The summed E-state index contributed by atoms with van der Waals surface area (Å²) in [5, 5.41) is 0. The van der Waals surface area contributed by atoms with Gasteiger partial charge in [0.25, 0.3) is 0 Å². The first-order valence-corrected chi connectivity index (χ1v) is 8.11. The third kappa shape index (κ3) is 1.59. The number of rotatable bonds is 0. The summed E-state index contributed by atoms with van der Waals surface area (Å²) < 4.78 is 1.18. The fourth-order valence-corrected chi connectivity index (χ4v) is 4.56. The molecule has 3 rings (SSSR count). The molecule has 108 valence electrons. The van der Waals surface area contributed by atoms with Gasteiger partial charge in [-0.25, -0.2) is 0 Å². The molecular weight excluding hydrogens is 314 g/mol. The molecule has 2 aliphatic rings. The van der Waals surface area contributed by atoms with Gasteiger partial charge in [0.05, 0.1) is 11.0 Å². The fraction of sp³-hybridized carbons (Fsp3) is 0.588. The number of carbonyl (C=O) groups excluding carboxylic acids is 1. The lowest BCUT2D eigenvalue weighted by Crippen LogP contribution is -2.59. The molecule has 0 spiro atoms. The Labute approximate surface area is 129 Å². The van der Waals surface area contributed by atoms with Crippen LogP contribution in [0.4, 0.5) is 5.69 Å². The predicted octanol–water partition coefficient (Wildman–Crippen LogP) is 4.01. The smallest absolute Gasteiger partial charge is 0.167 e. The Morgan fingerprint density at radius 2 is 1.75 bits per heavy atom. The van der Waals surface area contributed by atoms with Gasteiger partial charge in [-0.2, -0.15) is 0 Å². The summed E-state index contributed by atoms with van der Waals surface area (Å²) >= 11 is 3.72. The van der Waals surface area contributed by atoms with Gasteiger partial charge in [0.1, 0.15) is 0 Å². The van der Waals surface area contributed by atoms with Crippen LogP contribution in [0.1, 0.15) is 50.8 Å². The summed E-state index contributed by atoms with van der Waals surface area (Å²) in [6, 6.07) is 2.18. The van der Waals surface area contributed by atoms with E-state index in [1.807, 2.05) is 13.8 Å². The van der Waals surface area contributed by atoms with Crippen molar-refractivity contribution in [3.63, 3.8) is 0 Å². The topological polar surface area (TPSA) is 20.3 Å². The lowest BCUT2D eigenvalue weighted by molar-refractivity contribution is -0.128. The van der Waals surface area contributed by atoms with E-state index < -0.39 is 11.0 Å². The maximum atomic E-state index is 12.9. The normalized spacial score (nSPS) is 22.7. The maximum absolute atomic E-state index is 12.9. The summed E-state index contributed by atoms with van der Waals surface area (Å²) in [6.45, 7) is 8.22. The van der Waals surface area contributed by atoms with E-state index in [1.54, 1.807) is 0 Å². The van der Waals surface area contributed by atoms with Crippen molar-refractivity contribution in [2.45, 2.75) is 57.9 Å². The van der Waals surface area contributed by atoms with Crippen LogP contribution in [0.5, 0.6) is 0 Å². The largest absolute Gasteiger partial charge is 0.362 e. The van der Waals surface area contributed by atoms with E-state index in [-0.39, 0.29) is 0 Å². The molecule has 0 amide bonds. The summed E-state index contributed by atoms with van der Waals surface area (Å²) in [5.41, 5.74) is 4.50. The maximum Gasteiger partial charge on any atom is 0.167 e. The van der Waals surface area contributed by atoms with E-state index in [0.717, 1.165) is 12.8 Å². The Kier molecular flexibility index (Phi) is 2.89. The number of nitrogens with zero attached hydrogens (tertiary/aromatic N) is 1. The number of anilines is 1. The van der Waals surface area contributed by atoms with Gasteiger partial charge < -0.3 is 4.90 Å². The molecule has 0 radical (unpaired) electrons. The Balaban J connectivity index is 2.37. The number of hydrogen-bond donors (Lipinski definition) is 0. The second-order valence-corrected chi connectivity index (χ2v) is 7.99. The first-order valence-electron chi connectivity index (χ1n) is 7.32. The Morgan fingerprint density at radius 3 is 2.40 bits per heavy atom. The molecule has 3 heteroatoms. The van der Waals surface area contributed by atoms with Gasteiger partial charge in [-0.15, -0.1) is 0 Å². The number of benzene rings is 1. The standard InChI is InChI=1S/C17H22BrNO/c1-16(2)12-9-13(18)10-7-6-8-11(10)14(12)19(5)17(3,4)15(16)20/h9H,6-8H2,1-5H3. The van der Waals surface area contributed by atoms with E-state index in [1.165, 1.54) is 33.3 Å². The van der Waals surface area contributed by atoms with Gasteiger partial charge in [0, 0.05) is 17.2 Å². The van der Waals surface area contributed by atoms with Crippen LogP contribution in [-0.4, -0.2) is 18.4 Å². The lowest BCUT2D eigenvalue weighted by Gasteiger charge is -2.49. The number of likely N-dealkylation sites (N-methyl/N-ethyl adjacent to an activating group) is 1. The zero-order valence-electron chi connectivity index (χ0n) is 12.9. The molecule has 0 aromatic heterocycles. The van der Waals surface area contributed by atoms with Crippen LogP contribution in [0, 0.1) is 0 Å². The summed E-state index contributed by atoms with van der Waals surface area (Å²) in [7, 11) is 2.07. The van der Waals surface area contributed by atoms with E-state index in [0.29, 0.717) is 5.78 Å². The zero-order valence-corrected chi connectivity index (χ0v) is 14.5. The van der Waals surface area contributed by atoms with Crippen LogP contribution < -0.4 is 4.90 Å². The summed E-state index contributed by atoms with van der Waals surface area (Å²) in [4.78, 5) is 15.1. The van der Waals surface area contributed by atoms with Crippen LogP contribution in [0.2, 0.25) is 0 Å². The highest BCUT2D eigenvalue weighted by atomic mass is 79.9. The van der Waals surface area contributed by atoms with Crippen molar-refractivity contribution in [1.82, 2.24) is 0 Å². The molecule has 0 N–H and O–H groups in total. The van der Waals surface area contributed by atoms with E-state index in [2.05, 4.69) is 47.8 Å². The number of ketones is 1. The molecule has 2 nitrogen and oxygen atoms in total. The third-order valence-corrected chi connectivity index (χ3v) is 6.00. The van der Waals surface area contributed by atoms with E-state index in [4.69, 9.17) is 0 Å². The molecule has 0 saturated heterocycles. The molecule has 0 bridgehead atoms. The average Bonchev–Trinajstić information content (AvgIpc) is 2.85. The van der Waals surface area contributed by atoms with Crippen LogP contribution >= 0.6 is 15.9 Å². The zero-order chi connectivity index (χ0) is 14.9. The van der Waals surface area contributed by atoms with Crippen molar-refractivity contribution >= 4 is 27.4 Å². The minimum atomic E-state index is -0.444. The minimum absolute atomic E-state index is 0.296. The Morgan fingerprint density at radius 1 is 1.15 bits per heavy atom. The summed E-state index contributed by atoms with van der Waals surface area (Å²) in [5.74, 6) is 0.296. The van der Waals surface area contributed by atoms with Crippen LogP contribution in [0.25, 0.3) is 0 Å². The molecule has 20 heavy (non-hydrogen) atoms. The molecule has 1 aromatic carbocycles. The van der Waals surface area contributed by atoms with Crippen molar-refractivity contribution in [3.8, 4) is 0 Å².